The van der Waals surface area contributed by atoms with Gasteiger partial charge < -0.3 is 10.6 Å². The average Bonchev–Trinajstić information content (AvgIpc) is 2.35. The lowest BCUT2D eigenvalue weighted by Gasteiger charge is -2.26. The summed E-state index contributed by atoms with van der Waals surface area (Å²) in [6, 6.07) is 8.08. The smallest absolute Gasteiger partial charge is 0.227 e. The molecule has 0 radical (unpaired) electrons. The number of benzene rings is 1. The predicted octanol–water partition coefficient (Wildman–Crippen LogP) is 2.36. The van der Waals surface area contributed by atoms with Crippen LogP contribution < -0.4 is 10.6 Å². The third-order valence-corrected chi connectivity index (χ3v) is 3.09. The first-order chi connectivity index (χ1) is 8.18. The van der Waals surface area contributed by atoms with E-state index in [0.717, 1.165) is 30.8 Å². The van der Waals surface area contributed by atoms with Crippen LogP contribution in [0.25, 0.3) is 0 Å². The van der Waals surface area contributed by atoms with E-state index in [9.17, 15) is 4.79 Å². The average molecular weight is 232 g/mol. The topological polar surface area (TPSA) is 41.1 Å². The van der Waals surface area contributed by atoms with Crippen molar-refractivity contribution in [1.82, 2.24) is 5.32 Å². The predicted molar refractivity (Wildman–Crippen MR) is 70.1 cm³/mol. The maximum absolute atomic E-state index is 12.1. The van der Waals surface area contributed by atoms with Crippen molar-refractivity contribution in [2.75, 3.05) is 18.4 Å². The van der Waals surface area contributed by atoms with Gasteiger partial charge in [-0.2, -0.15) is 0 Å². The monoisotopic (exact) mass is 232 g/mol. The Morgan fingerprint density at radius 3 is 3.00 bits per heavy atom. The Morgan fingerprint density at radius 2 is 2.24 bits per heavy atom. The van der Waals surface area contributed by atoms with Crippen LogP contribution in [-0.2, 0) is 4.79 Å². The first-order valence-corrected chi connectivity index (χ1v) is 6.29. The van der Waals surface area contributed by atoms with E-state index < -0.39 is 0 Å². The quantitative estimate of drug-likeness (QED) is 0.840. The highest BCUT2D eigenvalue weighted by molar-refractivity contribution is 5.86. The molecule has 1 aromatic rings. The van der Waals surface area contributed by atoms with Crippen molar-refractivity contribution in [3.05, 3.63) is 29.8 Å². The Hall–Kier alpha value is -1.51. The lowest BCUT2D eigenvalue weighted by Crippen LogP contribution is -2.34. The van der Waals surface area contributed by atoms with Gasteiger partial charge in [-0.15, -0.1) is 0 Å². The number of hydrogen-bond donors (Lipinski definition) is 2. The minimum absolute atomic E-state index is 0.00574. The van der Waals surface area contributed by atoms with E-state index >= 15 is 0 Å². The van der Waals surface area contributed by atoms with E-state index in [1.54, 1.807) is 0 Å². The van der Waals surface area contributed by atoms with Crippen molar-refractivity contribution in [2.24, 2.45) is 5.92 Å². The summed E-state index contributed by atoms with van der Waals surface area (Å²) in [5.41, 5.74) is 2.23. The highest BCUT2D eigenvalue weighted by atomic mass is 16.1. The highest BCUT2D eigenvalue weighted by Gasteiger charge is 2.25. The number of hydrogen-bond acceptors (Lipinski definition) is 2. The number of fused-ring (bicyclic) bond motifs is 1. The molecule has 1 atom stereocenters. The number of para-hydroxylation sites is 1. The molecule has 1 unspecified atom stereocenters. The first kappa shape index (κ1) is 12.0. The molecule has 1 aliphatic heterocycles. The van der Waals surface area contributed by atoms with Crippen LogP contribution in [0.4, 0.5) is 5.69 Å². The molecule has 2 N–H and O–H groups in total. The van der Waals surface area contributed by atoms with Crippen molar-refractivity contribution in [1.29, 1.82) is 0 Å². The molecule has 92 valence electrons. The van der Waals surface area contributed by atoms with E-state index in [1.807, 2.05) is 24.3 Å². The molecule has 0 saturated heterocycles. The van der Waals surface area contributed by atoms with Crippen molar-refractivity contribution in [2.45, 2.75) is 26.2 Å². The third-order valence-electron chi connectivity index (χ3n) is 3.09. The molecule has 0 aromatic heterocycles. The molecule has 0 spiro atoms. The number of carbonyl (C=O) groups is 1. The fraction of sp³-hybridized carbons (Fsp3) is 0.500. The van der Waals surface area contributed by atoms with E-state index in [-0.39, 0.29) is 11.8 Å². The van der Waals surface area contributed by atoms with Crippen LogP contribution in [0.2, 0.25) is 0 Å². The second-order valence-corrected chi connectivity index (χ2v) is 4.99. The summed E-state index contributed by atoms with van der Waals surface area (Å²) in [6.07, 6.45) is 0.876. The summed E-state index contributed by atoms with van der Waals surface area (Å²) in [5.74, 6) is 0.662. The normalized spacial score (nSPS) is 18.4. The molecule has 0 aliphatic carbocycles. The van der Waals surface area contributed by atoms with Crippen molar-refractivity contribution in [3.8, 4) is 0 Å². The summed E-state index contributed by atoms with van der Waals surface area (Å²) < 4.78 is 0. The Bertz CT molecular complexity index is 401. The van der Waals surface area contributed by atoms with Crippen LogP contribution >= 0.6 is 0 Å². The van der Waals surface area contributed by atoms with Crippen molar-refractivity contribution < 1.29 is 4.79 Å². The van der Waals surface area contributed by atoms with E-state index in [0.29, 0.717) is 5.92 Å². The molecule has 1 amide bonds. The van der Waals surface area contributed by atoms with Crippen molar-refractivity contribution >= 4 is 11.6 Å². The molecule has 1 aliphatic rings. The molecule has 0 bridgehead atoms. The van der Waals surface area contributed by atoms with Gasteiger partial charge in [-0.25, -0.2) is 0 Å². The van der Waals surface area contributed by atoms with E-state index in [4.69, 9.17) is 0 Å². The van der Waals surface area contributed by atoms with Gasteiger partial charge in [-0.1, -0.05) is 32.0 Å². The van der Waals surface area contributed by atoms with Gasteiger partial charge in [-0.05, 0) is 24.0 Å². The molecular formula is C14H20N2O. The van der Waals surface area contributed by atoms with Gasteiger partial charge in [0.25, 0.3) is 0 Å². The maximum Gasteiger partial charge on any atom is 0.227 e. The van der Waals surface area contributed by atoms with Crippen LogP contribution in [-0.4, -0.2) is 19.0 Å². The summed E-state index contributed by atoms with van der Waals surface area (Å²) >= 11 is 0. The zero-order chi connectivity index (χ0) is 12.3. The molecule has 1 heterocycles. The van der Waals surface area contributed by atoms with Gasteiger partial charge in [0.1, 0.15) is 0 Å². The molecule has 0 saturated carbocycles. The lowest BCUT2D eigenvalue weighted by molar-refractivity contribution is -0.122. The molecule has 2 rings (SSSR count). The largest absolute Gasteiger partial charge is 0.385 e. The molecule has 3 nitrogen and oxygen atoms in total. The third kappa shape index (κ3) is 2.78. The fourth-order valence-corrected chi connectivity index (χ4v) is 2.17. The molecule has 17 heavy (non-hydrogen) atoms. The summed E-state index contributed by atoms with van der Waals surface area (Å²) in [5, 5.41) is 6.36. The van der Waals surface area contributed by atoms with Gasteiger partial charge >= 0.3 is 0 Å². The van der Waals surface area contributed by atoms with Gasteiger partial charge in [-0.3, -0.25) is 4.79 Å². The lowest BCUT2D eigenvalue weighted by atomic mass is 9.90. The van der Waals surface area contributed by atoms with E-state index in [1.165, 1.54) is 0 Å². The summed E-state index contributed by atoms with van der Waals surface area (Å²) in [7, 11) is 0. The summed E-state index contributed by atoms with van der Waals surface area (Å²) in [6.45, 7) is 5.84. The second-order valence-electron chi connectivity index (χ2n) is 4.99. The number of amides is 1. The van der Waals surface area contributed by atoms with Crippen LogP contribution in [0.1, 0.15) is 31.7 Å². The molecular weight excluding hydrogens is 212 g/mol. The highest BCUT2D eigenvalue weighted by Crippen LogP contribution is 2.31. The Kier molecular flexibility index (Phi) is 3.67. The zero-order valence-electron chi connectivity index (χ0n) is 10.5. The van der Waals surface area contributed by atoms with Crippen LogP contribution in [0.5, 0.6) is 0 Å². The second kappa shape index (κ2) is 5.21. The SMILES string of the molecule is CC(C)CNC(=O)C1CCNc2ccccc21. The maximum atomic E-state index is 12.1. The van der Waals surface area contributed by atoms with Gasteiger partial charge in [0, 0.05) is 18.8 Å². The zero-order valence-corrected chi connectivity index (χ0v) is 10.5. The number of anilines is 1. The minimum Gasteiger partial charge on any atom is -0.385 e. The van der Waals surface area contributed by atoms with Gasteiger partial charge in [0.2, 0.25) is 5.91 Å². The van der Waals surface area contributed by atoms with E-state index in [2.05, 4.69) is 24.5 Å². The standard InChI is InChI=1S/C14H20N2O/c1-10(2)9-16-14(17)12-7-8-15-13-6-4-3-5-11(12)13/h3-6,10,12,15H,7-9H2,1-2H3,(H,16,17). The molecule has 0 fully saturated rings. The Labute approximate surface area is 103 Å². The minimum atomic E-state index is 0.00574. The van der Waals surface area contributed by atoms with Gasteiger partial charge in [0.05, 0.1) is 5.92 Å². The fourth-order valence-electron chi connectivity index (χ4n) is 2.17. The molecule has 1 aromatic carbocycles. The number of rotatable bonds is 3. The van der Waals surface area contributed by atoms with Crippen molar-refractivity contribution in [3.63, 3.8) is 0 Å². The Balaban J connectivity index is 2.10. The number of carbonyl (C=O) groups excluding carboxylic acids is 1. The van der Waals surface area contributed by atoms with Gasteiger partial charge in [0.15, 0.2) is 0 Å². The van der Waals surface area contributed by atoms with Crippen LogP contribution in [0.15, 0.2) is 24.3 Å². The Morgan fingerprint density at radius 1 is 1.47 bits per heavy atom. The molecule has 3 heteroatoms. The number of nitrogens with one attached hydrogen (secondary N) is 2. The van der Waals surface area contributed by atoms with Crippen LogP contribution in [0.3, 0.4) is 0 Å². The van der Waals surface area contributed by atoms with Crippen LogP contribution in [0, 0.1) is 5.92 Å². The first-order valence-electron chi connectivity index (χ1n) is 6.29. The summed E-state index contributed by atoms with van der Waals surface area (Å²) in [4.78, 5) is 12.1.